The maximum Gasteiger partial charge on any atom is 0.407 e. The topological polar surface area (TPSA) is 76.7 Å². The predicted molar refractivity (Wildman–Crippen MR) is 126 cm³/mol. The summed E-state index contributed by atoms with van der Waals surface area (Å²) in [5.74, 6) is 0.496. The van der Waals surface area contributed by atoms with Crippen molar-refractivity contribution in [1.82, 2.24) is 14.0 Å². The van der Waals surface area contributed by atoms with Crippen LogP contribution >= 0.6 is 11.6 Å². The Balaban J connectivity index is 1.42. The summed E-state index contributed by atoms with van der Waals surface area (Å²) in [5.41, 5.74) is 4.65. The molecule has 0 bridgehead atoms. The highest BCUT2D eigenvalue weighted by molar-refractivity contribution is 6.30. The van der Waals surface area contributed by atoms with E-state index in [1.807, 2.05) is 37.4 Å². The first-order valence-corrected chi connectivity index (χ1v) is 11.0. The first-order chi connectivity index (χ1) is 15.9. The fraction of sp³-hybridized carbons (Fsp3) is 0.200. The van der Waals surface area contributed by atoms with Crippen LogP contribution in [0.25, 0.3) is 16.6 Å². The lowest BCUT2D eigenvalue weighted by Crippen LogP contribution is -2.34. The number of hydrogen-bond acceptors (Lipinski definition) is 3. The van der Waals surface area contributed by atoms with Crippen LogP contribution in [0.2, 0.25) is 5.02 Å². The molecule has 0 saturated carbocycles. The van der Waals surface area contributed by atoms with Crippen molar-refractivity contribution < 1.29 is 14.6 Å². The molecule has 0 spiro atoms. The van der Waals surface area contributed by atoms with Crippen molar-refractivity contribution in [2.75, 3.05) is 6.54 Å². The molecular weight excluding hydrogens is 442 g/mol. The van der Waals surface area contributed by atoms with E-state index in [1.54, 1.807) is 29.0 Å². The van der Waals surface area contributed by atoms with Crippen LogP contribution in [0.1, 0.15) is 16.8 Å². The number of halogens is 1. The summed E-state index contributed by atoms with van der Waals surface area (Å²) >= 11 is 5.91. The third kappa shape index (κ3) is 3.96. The van der Waals surface area contributed by atoms with Gasteiger partial charge in [0.1, 0.15) is 12.4 Å². The van der Waals surface area contributed by atoms with Gasteiger partial charge in [0.25, 0.3) is 5.56 Å². The summed E-state index contributed by atoms with van der Waals surface area (Å²) in [6, 6.07) is 16.4. The summed E-state index contributed by atoms with van der Waals surface area (Å²) in [6.45, 7) is 1.20. The Bertz CT molecular complexity index is 1420. The molecule has 7 nitrogen and oxygen atoms in total. The molecule has 8 heteroatoms. The quantitative estimate of drug-likeness (QED) is 0.480. The fourth-order valence-corrected chi connectivity index (χ4v) is 4.51. The molecule has 5 rings (SSSR count). The summed E-state index contributed by atoms with van der Waals surface area (Å²) < 4.78 is 9.44. The van der Waals surface area contributed by atoms with E-state index in [1.165, 1.54) is 11.0 Å². The van der Waals surface area contributed by atoms with Crippen molar-refractivity contribution in [2.24, 2.45) is 7.05 Å². The fourth-order valence-electron chi connectivity index (χ4n) is 4.39. The third-order valence-electron chi connectivity index (χ3n) is 6.15. The lowest BCUT2D eigenvalue weighted by Gasteiger charge is -2.25. The van der Waals surface area contributed by atoms with Crippen LogP contribution in [-0.4, -0.2) is 31.8 Å². The molecule has 0 unspecified atom stereocenters. The molecule has 2 aromatic heterocycles. The zero-order valence-corrected chi connectivity index (χ0v) is 18.7. The lowest BCUT2D eigenvalue weighted by atomic mass is 10.0. The standard InChI is InChI=1S/C25H22ClN3O4/c1-27-22-9-10-28(25(31)32)14-21(22)20-7-6-18(12-23(20)27)29-11-8-19(13-24(29)30)33-15-16-2-4-17(26)5-3-16/h2-8,11-13H,9-10,14-15H2,1H3,(H,31,32). The minimum absolute atomic E-state index is 0.195. The van der Waals surface area contributed by atoms with Gasteiger partial charge in [-0.1, -0.05) is 29.8 Å². The van der Waals surface area contributed by atoms with E-state index in [4.69, 9.17) is 16.3 Å². The Labute approximate surface area is 195 Å². The molecule has 168 valence electrons. The van der Waals surface area contributed by atoms with Gasteiger partial charge >= 0.3 is 6.09 Å². The molecule has 1 amide bonds. The van der Waals surface area contributed by atoms with Crippen molar-refractivity contribution in [3.8, 4) is 11.4 Å². The van der Waals surface area contributed by atoms with E-state index < -0.39 is 6.09 Å². The molecule has 0 radical (unpaired) electrons. The molecule has 0 fully saturated rings. The molecule has 0 saturated heterocycles. The molecule has 4 aromatic rings. The number of pyridine rings is 1. The number of benzene rings is 2. The number of aromatic nitrogens is 2. The van der Waals surface area contributed by atoms with Crippen molar-refractivity contribution in [3.05, 3.63) is 93.0 Å². The average Bonchev–Trinajstić information content (AvgIpc) is 3.09. The molecule has 0 aliphatic carbocycles. The molecule has 1 N–H and O–H groups in total. The van der Waals surface area contributed by atoms with Gasteiger partial charge in [-0.15, -0.1) is 0 Å². The Kier molecular flexibility index (Phi) is 5.34. The van der Waals surface area contributed by atoms with Crippen molar-refractivity contribution >= 4 is 28.6 Å². The van der Waals surface area contributed by atoms with E-state index >= 15 is 0 Å². The molecule has 3 heterocycles. The van der Waals surface area contributed by atoms with Gasteiger partial charge in [-0.2, -0.15) is 0 Å². The minimum Gasteiger partial charge on any atom is -0.489 e. The van der Waals surface area contributed by atoms with Gasteiger partial charge < -0.3 is 19.3 Å². The zero-order chi connectivity index (χ0) is 23.1. The number of amides is 1. The number of aryl methyl sites for hydroxylation is 1. The van der Waals surface area contributed by atoms with E-state index in [-0.39, 0.29) is 5.56 Å². The highest BCUT2D eigenvalue weighted by Gasteiger charge is 2.25. The molecule has 2 aromatic carbocycles. The second-order valence-corrected chi connectivity index (χ2v) is 8.56. The van der Waals surface area contributed by atoms with Crippen LogP contribution in [0.15, 0.2) is 65.6 Å². The van der Waals surface area contributed by atoms with E-state index in [0.717, 1.165) is 33.4 Å². The maximum absolute atomic E-state index is 12.8. The second-order valence-electron chi connectivity index (χ2n) is 8.13. The third-order valence-corrected chi connectivity index (χ3v) is 6.40. The summed E-state index contributed by atoms with van der Waals surface area (Å²) in [6.07, 6.45) is 1.47. The van der Waals surface area contributed by atoms with Gasteiger partial charge in [-0.3, -0.25) is 9.36 Å². The van der Waals surface area contributed by atoms with Gasteiger partial charge in [-0.05, 0) is 35.9 Å². The summed E-state index contributed by atoms with van der Waals surface area (Å²) in [7, 11) is 1.98. The van der Waals surface area contributed by atoms with E-state index in [9.17, 15) is 14.7 Å². The zero-order valence-electron chi connectivity index (χ0n) is 18.0. The Morgan fingerprint density at radius 2 is 1.91 bits per heavy atom. The Morgan fingerprint density at radius 3 is 2.64 bits per heavy atom. The summed E-state index contributed by atoms with van der Waals surface area (Å²) in [5, 5.41) is 11.0. The molecule has 1 aliphatic heterocycles. The van der Waals surface area contributed by atoms with Crippen LogP contribution in [0.3, 0.4) is 0 Å². The minimum atomic E-state index is -0.904. The number of rotatable bonds is 4. The number of nitrogens with zero attached hydrogens (tertiary/aromatic N) is 3. The second kappa shape index (κ2) is 8.33. The Morgan fingerprint density at radius 1 is 1.12 bits per heavy atom. The first-order valence-electron chi connectivity index (χ1n) is 10.6. The maximum atomic E-state index is 12.8. The van der Waals surface area contributed by atoms with Crippen LogP contribution < -0.4 is 10.3 Å². The molecule has 33 heavy (non-hydrogen) atoms. The van der Waals surface area contributed by atoms with Gasteiger partial charge in [0, 0.05) is 53.9 Å². The van der Waals surface area contributed by atoms with Crippen LogP contribution in [0.5, 0.6) is 5.75 Å². The largest absolute Gasteiger partial charge is 0.489 e. The smallest absolute Gasteiger partial charge is 0.407 e. The van der Waals surface area contributed by atoms with E-state index in [0.29, 0.717) is 36.9 Å². The van der Waals surface area contributed by atoms with Gasteiger partial charge in [-0.25, -0.2) is 4.79 Å². The van der Waals surface area contributed by atoms with E-state index in [2.05, 4.69) is 4.57 Å². The Hall–Kier alpha value is -3.71. The SMILES string of the molecule is Cn1c2c(c3ccc(-n4ccc(OCc5ccc(Cl)cc5)cc4=O)cc31)CN(C(=O)O)CC2. The highest BCUT2D eigenvalue weighted by atomic mass is 35.5. The summed E-state index contributed by atoms with van der Waals surface area (Å²) in [4.78, 5) is 25.7. The van der Waals surface area contributed by atoms with Crippen LogP contribution in [0.4, 0.5) is 4.79 Å². The number of fused-ring (bicyclic) bond motifs is 3. The average molecular weight is 464 g/mol. The monoisotopic (exact) mass is 463 g/mol. The van der Waals surface area contributed by atoms with Crippen molar-refractivity contribution in [3.63, 3.8) is 0 Å². The van der Waals surface area contributed by atoms with Crippen molar-refractivity contribution in [2.45, 2.75) is 19.6 Å². The number of hydrogen-bond donors (Lipinski definition) is 1. The number of ether oxygens (including phenoxy) is 1. The van der Waals surface area contributed by atoms with Gasteiger partial charge in [0.05, 0.1) is 17.7 Å². The highest BCUT2D eigenvalue weighted by Crippen LogP contribution is 2.31. The van der Waals surface area contributed by atoms with Crippen LogP contribution in [0, 0.1) is 0 Å². The van der Waals surface area contributed by atoms with Crippen molar-refractivity contribution in [1.29, 1.82) is 0 Å². The number of carbonyl (C=O) groups is 1. The van der Waals surface area contributed by atoms with Gasteiger partial charge in [0.2, 0.25) is 0 Å². The molecule has 0 atom stereocenters. The van der Waals surface area contributed by atoms with Gasteiger partial charge in [0.15, 0.2) is 0 Å². The molecular formula is C25H22ClN3O4. The van der Waals surface area contributed by atoms with Crippen LogP contribution in [-0.2, 0) is 26.6 Å². The predicted octanol–water partition coefficient (Wildman–Crippen LogP) is 4.60. The normalized spacial score (nSPS) is 13.2. The lowest BCUT2D eigenvalue weighted by molar-refractivity contribution is 0.139. The first kappa shape index (κ1) is 21.2. The number of carboxylic acid groups (broad SMARTS) is 1. The molecule has 1 aliphatic rings.